The molecule has 1 aromatic carbocycles. The third kappa shape index (κ3) is 5.99. The minimum absolute atomic E-state index is 0.0751. The van der Waals surface area contributed by atoms with Crippen molar-refractivity contribution in [1.29, 1.82) is 0 Å². The van der Waals surface area contributed by atoms with Crippen molar-refractivity contribution in [3.63, 3.8) is 0 Å². The lowest BCUT2D eigenvalue weighted by Gasteiger charge is -2.37. The summed E-state index contributed by atoms with van der Waals surface area (Å²) in [5, 5.41) is 2.80. The van der Waals surface area contributed by atoms with Crippen LogP contribution in [-0.2, 0) is 29.1 Å². The molecule has 0 saturated carbocycles. The second-order valence-corrected chi connectivity index (χ2v) is 7.89. The van der Waals surface area contributed by atoms with Crippen molar-refractivity contribution in [2.75, 3.05) is 6.61 Å². The second kappa shape index (κ2) is 10.0. The molecule has 32 heavy (non-hydrogen) atoms. The van der Waals surface area contributed by atoms with E-state index in [0.29, 0.717) is 24.9 Å². The summed E-state index contributed by atoms with van der Waals surface area (Å²) in [5.74, 6) is -0.766. The number of nitrogens with one attached hydrogen (secondary N) is 1. The number of benzene rings is 1. The summed E-state index contributed by atoms with van der Waals surface area (Å²) >= 11 is 0. The molecule has 2 heterocycles. The van der Waals surface area contributed by atoms with E-state index in [1.54, 1.807) is 11.0 Å². The van der Waals surface area contributed by atoms with Crippen molar-refractivity contribution < 1.29 is 27.5 Å². The molecule has 1 aliphatic rings. The summed E-state index contributed by atoms with van der Waals surface area (Å²) in [4.78, 5) is 31.4. The number of nitrogens with zero attached hydrogens (tertiary/aromatic N) is 2. The molecule has 172 valence electrons. The van der Waals surface area contributed by atoms with Gasteiger partial charge in [0.1, 0.15) is 6.04 Å². The summed E-state index contributed by atoms with van der Waals surface area (Å²) in [5.41, 5.74) is 2.59. The second-order valence-electron chi connectivity index (χ2n) is 7.89. The van der Waals surface area contributed by atoms with E-state index >= 15 is 0 Å². The van der Waals surface area contributed by atoms with Gasteiger partial charge in [-0.15, -0.1) is 0 Å². The predicted octanol–water partition coefficient (Wildman–Crippen LogP) is 3.64. The van der Waals surface area contributed by atoms with Crippen LogP contribution >= 0.6 is 0 Å². The molecule has 2 amide bonds. The van der Waals surface area contributed by atoms with Crippen LogP contribution in [0.15, 0.2) is 42.6 Å². The molecule has 0 fully saturated rings. The Hall–Kier alpha value is -3.10. The Balaban J connectivity index is 1.70. The zero-order valence-corrected chi connectivity index (χ0v) is 18.0. The van der Waals surface area contributed by atoms with Crippen LogP contribution in [-0.4, -0.2) is 40.5 Å². The van der Waals surface area contributed by atoms with Crippen LogP contribution in [0.4, 0.5) is 13.2 Å². The number of hydrogen-bond acceptors (Lipinski definition) is 4. The highest BCUT2D eigenvalue weighted by Gasteiger charge is 2.35. The first kappa shape index (κ1) is 23.6. The molecule has 9 heteroatoms. The molecular formula is C23H26F3N3O3. The van der Waals surface area contributed by atoms with Gasteiger partial charge in [0, 0.05) is 37.7 Å². The van der Waals surface area contributed by atoms with Crippen molar-refractivity contribution in [1.82, 2.24) is 15.2 Å². The number of fused-ring (bicyclic) bond motifs is 1. The normalized spacial score (nSPS) is 16.8. The number of alkyl halides is 3. The molecule has 0 unspecified atom stereocenters. The van der Waals surface area contributed by atoms with E-state index < -0.39 is 18.8 Å². The lowest BCUT2D eigenvalue weighted by atomic mass is 9.92. The Morgan fingerprint density at radius 1 is 1.25 bits per heavy atom. The summed E-state index contributed by atoms with van der Waals surface area (Å²) < 4.78 is 41.7. The Kier molecular flexibility index (Phi) is 7.37. The molecule has 1 N–H and O–H groups in total. The van der Waals surface area contributed by atoms with Crippen molar-refractivity contribution in [3.8, 4) is 5.88 Å². The van der Waals surface area contributed by atoms with Gasteiger partial charge in [-0.25, -0.2) is 4.98 Å². The zero-order valence-electron chi connectivity index (χ0n) is 18.0. The van der Waals surface area contributed by atoms with E-state index in [1.165, 1.54) is 12.3 Å². The van der Waals surface area contributed by atoms with Crippen LogP contribution in [0.25, 0.3) is 0 Å². The van der Waals surface area contributed by atoms with Gasteiger partial charge in [0.05, 0.1) is 0 Å². The van der Waals surface area contributed by atoms with Gasteiger partial charge in [0.2, 0.25) is 17.7 Å². The van der Waals surface area contributed by atoms with Gasteiger partial charge in [0.25, 0.3) is 0 Å². The minimum atomic E-state index is -4.46. The topological polar surface area (TPSA) is 71.5 Å². The number of hydrogen-bond donors (Lipinski definition) is 1. The van der Waals surface area contributed by atoms with Crippen LogP contribution in [0.3, 0.4) is 0 Å². The first-order valence-corrected chi connectivity index (χ1v) is 10.5. The van der Waals surface area contributed by atoms with Crippen LogP contribution in [0.1, 0.15) is 37.0 Å². The molecular weight excluding hydrogens is 423 g/mol. The van der Waals surface area contributed by atoms with Gasteiger partial charge in [-0.2, -0.15) is 13.2 Å². The highest BCUT2D eigenvalue weighted by atomic mass is 19.4. The van der Waals surface area contributed by atoms with Crippen LogP contribution in [0.5, 0.6) is 5.88 Å². The smallest absolute Gasteiger partial charge is 0.422 e. The molecule has 3 rings (SSSR count). The molecule has 0 bridgehead atoms. The molecule has 0 aliphatic carbocycles. The molecule has 0 spiro atoms. The molecule has 1 aromatic heterocycles. The number of ether oxygens (including phenoxy) is 1. The fraction of sp³-hybridized carbons (Fsp3) is 0.435. The maximum absolute atomic E-state index is 13.0. The minimum Gasteiger partial charge on any atom is -0.468 e. The lowest BCUT2D eigenvalue weighted by Crippen LogP contribution is -2.53. The Morgan fingerprint density at radius 2 is 1.97 bits per heavy atom. The number of carbonyl (C=O) groups is 2. The first-order chi connectivity index (χ1) is 15.2. The monoisotopic (exact) mass is 449 g/mol. The van der Waals surface area contributed by atoms with Crippen molar-refractivity contribution >= 4 is 11.8 Å². The van der Waals surface area contributed by atoms with Crippen molar-refractivity contribution in [3.05, 3.63) is 59.3 Å². The highest BCUT2D eigenvalue weighted by Crippen LogP contribution is 2.26. The number of pyridine rings is 1. The maximum Gasteiger partial charge on any atom is 0.422 e. The molecule has 0 radical (unpaired) electrons. The van der Waals surface area contributed by atoms with E-state index in [9.17, 15) is 22.8 Å². The van der Waals surface area contributed by atoms with Crippen molar-refractivity contribution in [2.24, 2.45) is 5.92 Å². The SMILES string of the molecule is CC[C@H](C)C(=O)N1Cc2ccccc2C[C@@H]1C(=O)NCc1ccnc(OCC(F)(F)F)c1. The van der Waals surface area contributed by atoms with Gasteiger partial charge in [-0.3, -0.25) is 9.59 Å². The Morgan fingerprint density at radius 3 is 2.66 bits per heavy atom. The summed E-state index contributed by atoms with van der Waals surface area (Å²) in [6.07, 6.45) is -2.07. The van der Waals surface area contributed by atoms with Crippen LogP contribution in [0.2, 0.25) is 0 Å². The summed E-state index contributed by atoms with van der Waals surface area (Å²) in [7, 11) is 0. The first-order valence-electron chi connectivity index (χ1n) is 10.5. The Bertz CT molecular complexity index is 965. The molecule has 2 aromatic rings. The van der Waals surface area contributed by atoms with Crippen LogP contribution < -0.4 is 10.1 Å². The number of rotatable bonds is 7. The van der Waals surface area contributed by atoms with E-state index in [0.717, 1.165) is 11.1 Å². The molecule has 1 aliphatic heterocycles. The third-order valence-electron chi connectivity index (χ3n) is 5.52. The number of carbonyl (C=O) groups excluding carboxylic acids is 2. The molecule has 0 saturated heterocycles. The largest absolute Gasteiger partial charge is 0.468 e. The third-order valence-corrected chi connectivity index (χ3v) is 5.52. The zero-order chi connectivity index (χ0) is 23.3. The average molecular weight is 449 g/mol. The van der Waals surface area contributed by atoms with E-state index in [2.05, 4.69) is 15.0 Å². The average Bonchev–Trinajstić information content (AvgIpc) is 2.79. The predicted molar refractivity (Wildman–Crippen MR) is 112 cm³/mol. The summed E-state index contributed by atoms with van der Waals surface area (Å²) in [6.45, 7) is 2.77. The van der Waals surface area contributed by atoms with E-state index in [-0.39, 0.29) is 30.2 Å². The van der Waals surface area contributed by atoms with Gasteiger partial charge in [0.15, 0.2) is 6.61 Å². The number of amides is 2. The highest BCUT2D eigenvalue weighted by molar-refractivity contribution is 5.89. The quantitative estimate of drug-likeness (QED) is 0.701. The fourth-order valence-electron chi connectivity index (χ4n) is 3.55. The van der Waals surface area contributed by atoms with E-state index in [4.69, 9.17) is 0 Å². The standard InChI is InChI=1S/C23H26F3N3O3/c1-3-15(2)22(31)29-13-18-7-5-4-6-17(18)11-19(29)21(30)28-12-16-8-9-27-20(10-16)32-14-23(24,25)26/h4-10,15,19H,3,11-14H2,1-2H3,(H,28,30)/t15-,19+/m0/s1. The number of aromatic nitrogens is 1. The van der Waals surface area contributed by atoms with Gasteiger partial charge in [-0.1, -0.05) is 38.1 Å². The van der Waals surface area contributed by atoms with Gasteiger partial charge < -0.3 is 15.0 Å². The summed E-state index contributed by atoms with van der Waals surface area (Å²) in [6, 6.07) is 10.00. The molecule has 2 atom stereocenters. The fourth-order valence-corrected chi connectivity index (χ4v) is 3.55. The maximum atomic E-state index is 13.0. The molecule has 6 nitrogen and oxygen atoms in total. The van der Waals surface area contributed by atoms with Crippen molar-refractivity contribution in [2.45, 2.75) is 52.0 Å². The Labute approximate surface area is 184 Å². The van der Waals surface area contributed by atoms with Gasteiger partial charge >= 0.3 is 6.18 Å². The lowest BCUT2D eigenvalue weighted by molar-refractivity contribution is -0.154. The van der Waals surface area contributed by atoms with Crippen LogP contribution in [0, 0.1) is 5.92 Å². The van der Waals surface area contributed by atoms with E-state index in [1.807, 2.05) is 38.1 Å². The number of halogens is 3. The van der Waals surface area contributed by atoms with Gasteiger partial charge in [-0.05, 0) is 29.2 Å².